The van der Waals surface area contributed by atoms with Gasteiger partial charge in [0.15, 0.2) is 0 Å². The first-order chi connectivity index (χ1) is 10.1. The summed E-state index contributed by atoms with van der Waals surface area (Å²) in [4.78, 5) is 16.7. The fourth-order valence-corrected chi connectivity index (χ4v) is 3.27. The van der Waals surface area contributed by atoms with Crippen molar-refractivity contribution in [1.29, 1.82) is 0 Å². The first-order valence-electron chi connectivity index (χ1n) is 7.70. The van der Waals surface area contributed by atoms with E-state index in [1.165, 1.54) is 48.0 Å². The van der Waals surface area contributed by atoms with Crippen LogP contribution in [-0.2, 0) is 11.2 Å². The largest absolute Gasteiger partial charge is 0.370 e. The predicted octanol–water partition coefficient (Wildman–Crippen LogP) is 2.40. The molecule has 0 bridgehead atoms. The van der Waals surface area contributed by atoms with Crippen LogP contribution >= 0.6 is 0 Å². The van der Waals surface area contributed by atoms with Crippen LogP contribution in [0.1, 0.15) is 36.3 Å². The van der Waals surface area contributed by atoms with Crippen LogP contribution < -0.4 is 5.73 Å². The van der Waals surface area contributed by atoms with Crippen molar-refractivity contribution in [1.82, 2.24) is 9.88 Å². The maximum Gasteiger partial charge on any atom is 0.217 e. The van der Waals surface area contributed by atoms with E-state index in [0.29, 0.717) is 12.3 Å². The Balaban J connectivity index is 1.85. The van der Waals surface area contributed by atoms with E-state index in [1.54, 1.807) is 0 Å². The van der Waals surface area contributed by atoms with Crippen molar-refractivity contribution >= 4 is 16.8 Å². The van der Waals surface area contributed by atoms with Crippen molar-refractivity contribution in [2.75, 3.05) is 20.1 Å². The number of amides is 1. The van der Waals surface area contributed by atoms with Crippen LogP contribution in [0.3, 0.4) is 0 Å². The van der Waals surface area contributed by atoms with Crippen molar-refractivity contribution in [2.24, 2.45) is 5.73 Å². The van der Waals surface area contributed by atoms with Gasteiger partial charge < -0.3 is 15.6 Å². The fraction of sp³-hybridized carbons (Fsp3) is 0.471. The van der Waals surface area contributed by atoms with Gasteiger partial charge in [-0.2, -0.15) is 0 Å². The maximum absolute atomic E-state index is 10.9. The van der Waals surface area contributed by atoms with Crippen molar-refractivity contribution < 1.29 is 4.79 Å². The van der Waals surface area contributed by atoms with Crippen LogP contribution in [0.2, 0.25) is 0 Å². The molecule has 2 heterocycles. The van der Waals surface area contributed by atoms with Gasteiger partial charge in [-0.05, 0) is 68.6 Å². The molecule has 0 saturated carbocycles. The minimum absolute atomic E-state index is 0.236. The van der Waals surface area contributed by atoms with Crippen LogP contribution in [0, 0.1) is 0 Å². The Labute approximate surface area is 125 Å². The van der Waals surface area contributed by atoms with Gasteiger partial charge in [0.25, 0.3) is 0 Å². The minimum atomic E-state index is -0.236. The van der Waals surface area contributed by atoms with Crippen LogP contribution in [-0.4, -0.2) is 35.9 Å². The Morgan fingerprint density at radius 2 is 2.14 bits per heavy atom. The van der Waals surface area contributed by atoms with E-state index in [-0.39, 0.29) is 5.91 Å². The Morgan fingerprint density at radius 3 is 2.86 bits per heavy atom. The molecule has 3 rings (SSSR count). The lowest BCUT2D eigenvalue weighted by molar-refractivity contribution is -0.117. The second kappa shape index (κ2) is 5.90. The number of nitrogens with zero attached hydrogens (tertiary/aromatic N) is 1. The molecule has 0 atom stereocenters. The molecule has 4 heteroatoms. The molecule has 0 unspecified atom stereocenters. The molecule has 1 amide bonds. The molecule has 1 aliphatic rings. The molecule has 0 spiro atoms. The van der Waals surface area contributed by atoms with Gasteiger partial charge in [-0.1, -0.05) is 6.07 Å². The lowest BCUT2D eigenvalue weighted by atomic mass is 9.89. The number of primary amides is 1. The summed E-state index contributed by atoms with van der Waals surface area (Å²) in [7, 11) is 2.19. The highest BCUT2D eigenvalue weighted by Gasteiger charge is 2.21. The summed E-state index contributed by atoms with van der Waals surface area (Å²) < 4.78 is 0. The topological polar surface area (TPSA) is 62.1 Å². The predicted molar refractivity (Wildman–Crippen MR) is 85.3 cm³/mol. The van der Waals surface area contributed by atoms with Crippen molar-refractivity contribution in [3.05, 3.63) is 35.5 Å². The van der Waals surface area contributed by atoms with E-state index < -0.39 is 0 Å². The van der Waals surface area contributed by atoms with Crippen molar-refractivity contribution in [2.45, 2.75) is 31.6 Å². The molecule has 1 aliphatic heterocycles. The van der Waals surface area contributed by atoms with Gasteiger partial charge in [0.1, 0.15) is 0 Å². The number of nitrogens with one attached hydrogen (secondary N) is 1. The second-order valence-corrected chi connectivity index (χ2v) is 6.17. The highest BCUT2D eigenvalue weighted by atomic mass is 16.1. The number of aromatic amines is 1. The molecule has 1 aromatic heterocycles. The number of piperidine rings is 1. The van der Waals surface area contributed by atoms with E-state index in [9.17, 15) is 4.79 Å². The summed E-state index contributed by atoms with van der Waals surface area (Å²) >= 11 is 0. The number of H-pyrrole nitrogens is 1. The van der Waals surface area contributed by atoms with Crippen molar-refractivity contribution in [3.8, 4) is 0 Å². The molecule has 1 aromatic carbocycles. The zero-order valence-corrected chi connectivity index (χ0v) is 12.6. The minimum Gasteiger partial charge on any atom is -0.370 e. The number of aryl methyl sites for hydroxylation is 1. The molecular weight excluding hydrogens is 262 g/mol. The second-order valence-electron chi connectivity index (χ2n) is 6.17. The molecule has 0 radical (unpaired) electrons. The Morgan fingerprint density at radius 1 is 1.38 bits per heavy atom. The number of aromatic nitrogens is 1. The number of hydrogen-bond donors (Lipinski definition) is 2. The van der Waals surface area contributed by atoms with E-state index in [1.807, 2.05) is 0 Å². The number of fused-ring (bicyclic) bond motifs is 1. The van der Waals surface area contributed by atoms with E-state index in [4.69, 9.17) is 5.73 Å². The quantitative estimate of drug-likeness (QED) is 0.906. The maximum atomic E-state index is 10.9. The summed E-state index contributed by atoms with van der Waals surface area (Å²) in [6, 6.07) is 6.42. The third-order valence-electron chi connectivity index (χ3n) is 4.60. The highest BCUT2D eigenvalue weighted by Crippen LogP contribution is 2.33. The van der Waals surface area contributed by atoms with Crippen LogP contribution in [0.4, 0.5) is 0 Å². The summed E-state index contributed by atoms with van der Waals surface area (Å²) in [5.41, 5.74) is 9.05. The number of hydrogen-bond acceptors (Lipinski definition) is 2. The van der Waals surface area contributed by atoms with Gasteiger partial charge in [-0.3, -0.25) is 4.79 Å². The fourth-order valence-electron chi connectivity index (χ4n) is 3.27. The zero-order valence-electron chi connectivity index (χ0n) is 12.6. The number of likely N-dealkylation sites (tertiary alicyclic amines) is 1. The number of benzene rings is 1. The van der Waals surface area contributed by atoms with Gasteiger partial charge in [0.05, 0.1) is 0 Å². The number of nitrogens with two attached hydrogens (primary N) is 1. The summed E-state index contributed by atoms with van der Waals surface area (Å²) in [6.45, 7) is 2.33. The number of carbonyl (C=O) groups is 1. The molecule has 1 fully saturated rings. The lowest BCUT2D eigenvalue weighted by Gasteiger charge is -2.28. The molecule has 21 heavy (non-hydrogen) atoms. The van der Waals surface area contributed by atoms with Gasteiger partial charge in [0.2, 0.25) is 5.91 Å². The average molecular weight is 285 g/mol. The zero-order chi connectivity index (χ0) is 14.8. The summed E-state index contributed by atoms with van der Waals surface area (Å²) in [5.74, 6) is 0.404. The normalized spacial score (nSPS) is 17.4. The average Bonchev–Trinajstić information content (AvgIpc) is 2.89. The molecule has 112 valence electrons. The van der Waals surface area contributed by atoms with Gasteiger partial charge in [0, 0.05) is 23.5 Å². The number of carbonyl (C=O) groups excluding carboxylic acids is 1. The summed E-state index contributed by atoms with van der Waals surface area (Å²) in [6.07, 6.45) is 5.74. The Kier molecular flexibility index (Phi) is 3.97. The van der Waals surface area contributed by atoms with Crippen LogP contribution in [0.25, 0.3) is 10.9 Å². The highest BCUT2D eigenvalue weighted by molar-refractivity contribution is 5.84. The first kappa shape index (κ1) is 14.1. The Bertz CT molecular complexity index is 639. The third kappa shape index (κ3) is 3.10. The van der Waals surface area contributed by atoms with E-state index >= 15 is 0 Å². The first-order valence-corrected chi connectivity index (χ1v) is 7.70. The standard InChI is InChI=1S/C17H23N3O/c1-20-8-6-13(7-9-20)15-11-19-16-4-2-12(10-14(15)16)3-5-17(18)21/h2,4,10-11,13,19H,3,5-9H2,1H3,(H2,18,21). The van der Waals surface area contributed by atoms with Crippen LogP contribution in [0.5, 0.6) is 0 Å². The van der Waals surface area contributed by atoms with Crippen LogP contribution in [0.15, 0.2) is 24.4 Å². The SMILES string of the molecule is CN1CCC(c2c[nH]c3ccc(CCC(N)=O)cc23)CC1. The molecule has 1 saturated heterocycles. The van der Waals surface area contributed by atoms with E-state index in [2.05, 4.69) is 41.3 Å². The summed E-state index contributed by atoms with van der Waals surface area (Å²) in [5, 5.41) is 1.31. The number of rotatable bonds is 4. The molecule has 4 nitrogen and oxygen atoms in total. The smallest absolute Gasteiger partial charge is 0.217 e. The lowest BCUT2D eigenvalue weighted by Crippen LogP contribution is -2.29. The molecule has 2 aromatic rings. The molecular formula is C17H23N3O. The molecule has 0 aliphatic carbocycles. The third-order valence-corrected chi connectivity index (χ3v) is 4.60. The Hall–Kier alpha value is -1.81. The van der Waals surface area contributed by atoms with Crippen molar-refractivity contribution in [3.63, 3.8) is 0 Å². The molecule has 3 N–H and O–H groups in total. The van der Waals surface area contributed by atoms with E-state index in [0.717, 1.165) is 6.42 Å². The van der Waals surface area contributed by atoms with Gasteiger partial charge in [-0.25, -0.2) is 0 Å². The van der Waals surface area contributed by atoms with Gasteiger partial charge >= 0.3 is 0 Å². The monoisotopic (exact) mass is 285 g/mol. The van der Waals surface area contributed by atoms with Gasteiger partial charge in [-0.15, -0.1) is 0 Å².